The molecule has 1 saturated carbocycles. The van der Waals surface area contributed by atoms with E-state index in [9.17, 15) is 4.79 Å². The lowest BCUT2D eigenvalue weighted by Gasteiger charge is -2.34. The number of hydrogen-bond acceptors (Lipinski definition) is 8. The highest BCUT2D eigenvalue weighted by atomic mass is 32.1. The van der Waals surface area contributed by atoms with Crippen LogP contribution in [-0.4, -0.2) is 44.9 Å². The van der Waals surface area contributed by atoms with E-state index in [1.165, 1.54) is 36.1 Å². The molecule has 0 radical (unpaired) electrons. The summed E-state index contributed by atoms with van der Waals surface area (Å²) in [7, 11) is 5.89. The number of fused-ring (bicyclic) bond motifs is 4. The van der Waals surface area contributed by atoms with E-state index in [-0.39, 0.29) is 5.41 Å². The van der Waals surface area contributed by atoms with E-state index < -0.39 is 17.3 Å². The van der Waals surface area contributed by atoms with Crippen LogP contribution in [0, 0.1) is 0 Å². The molecule has 0 bridgehead atoms. The zero-order chi connectivity index (χ0) is 49.0. The van der Waals surface area contributed by atoms with Gasteiger partial charge in [-0.25, -0.2) is 4.79 Å². The molecule has 1 spiro atoms. The molecule has 0 atom stereocenters. The summed E-state index contributed by atoms with van der Waals surface area (Å²) in [5.41, 5.74) is 31.5. The smallest absolute Gasteiger partial charge is 0.412 e. The van der Waals surface area contributed by atoms with Gasteiger partial charge in [0.25, 0.3) is 5.17 Å². The minimum absolute atomic E-state index is 0.0378. The lowest BCUT2D eigenvalue weighted by atomic mass is 9.70. The third-order valence-corrected chi connectivity index (χ3v) is 14.7. The number of rotatable bonds is 6. The molecule has 1 fully saturated rings. The number of thiocarbonyl (C=S) groups is 5. The standard InChI is InChI=1S/C19H21N3S2.C16H17N3O2S.C16H17N3OS2/c1-22-15(7-8-16(22)17(20)23)12-5-6-14-13(11-12)19(18(24)21-14)9-3-2-4-10-19;1-16(2)10-8-9(4-5-11(10)18-15(20)21-16)12-6-7-13(14(17)22)19(12)3;1-16(2)10-8-9(4-5-11(10)18-15(22)20-16)12-6-7-13(14(17)21)19(12)3/h5-8,11H,2-4,9-10H2,1H3,(H2,20,23)(H,21,24);4-8H,1-3H3,(H2,17,22)(H,18,20);4-8H,1-3H3,(H2,17,21)(H,18,22). The minimum Gasteiger partial charge on any atom is -0.460 e. The van der Waals surface area contributed by atoms with Gasteiger partial charge in [-0.15, -0.1) is 0 Å². The Hall–Kier alpha value is -5.98. The van der Waals surface area contributed by atoms with E-state index in [1.807, 2.05) is 113 Å². The normalized spacial score (nSPS) is 16.7. The molecule has 12 nitrogen and oxygen atoms in total. The van der Waals surface area contributed by atoms with Crippen LogP contribution in [0.25, 0.3) is 33.8 Å². The first-order valence-electron chi connectivity index (χ1n) is 22.2. The number of hydrogen-bond donors (Lipinski definition) is 6. The van der Waals surface area contributed by atoms with E-state index in [0.29, 0.717) is 20.1 Å². The Morgan fingerprint density at radius 2 is 0.912 bits per heavy atom. The summed E-state index contributed by atoms with van der Waals surface area (Å²) in [6.45, 7) is 7.77. The second kappa shape index (κ2) is 18.5. The summed E-state index contributed by atoms with van der Waals surface area (Å²) in [4.78, 5) is 13.7. The molecule has 9 N–H and O–H groups in total. The molecule has 6 heterocycles. The predicted molar refractivity (Wildman–Crippen MR) is 295 cm³/mol. The molecule has 6 aromatic rings. The fraction of sp³-hybridized carbons (Fsp3) is 0.294. The highest BCUT2D eigenvalue weighted by molar-refractivity contribution is 7.81. The lowest BCUT2D eigenvalue weighted by Crippen LogP contribution is -2.35. The number of amides is 1. The van der Waals surface area contributed by atoms with E-state index in [2.05, 4.69) is 56.9 Å². The van der Waals surface area contributed by atoms with Crippen LogP contribution in [0.4, 0.5) is 21.9 Å². The van der Waals surface area contributed by atoms with Crippen molar-refractivity contribution in [3.63, 3.8) is 0 Å². The topological polar surface area (TPSA) is 164 Å². The van der Waals surface area contributed by atoms with Crippen molar-refractivity contribution >= 4 is 109 Å². The molecule has 10 rings (SSSR count). The average Bonchev–Trinajstić information content (AvgIpc) is 4.04. The Kier molecular flexibility index (Phi) is 13.2. The summed E-state index contributed by atoms with van der Waals surface area (Å²) in [6.07, 6.45) is 5.69. The first kappa shape index (κ1) is 48.5. The monoisotopic (exact) mass is 1000 g/mol. The lowest BCUT2D eigenvalue weighted by molar-refractivity contribution is 0.0420. The van der Waals surface area contributed by atoms with Crippen LogP contribution < -0.4 is 33.2 Å². The summed E-state index contributed by atoms with van der Waals surface area (Å²) in [5.74, 6) is 0. The van der Waals surface area contributed by atoms with Gasteiger partial charge in [-0.05, 0) is 148 Å². The van der Waals surface area contributed by atoms with Crippen molar-refractivity contribution in [2.45, 2.75) is 76.4 Å². The molecule has 68 heavy (non-hydrogen) atoms. The largest absolute Gasteiger partial charge is 0.460 e. The number of nitrogens with two attached hydrogens (primary N) is 3. The quantitative estimate of drug-likeness (QED) is 0.0875. The average molecular weight is 1000 g/mol. The van der Waals surface area contributed by atoms with Crippen molar-refractivity contribution in [2.75, 3.05) is 16.0 Å². The summed E-state index contributed by atoms with van der Waals surface area (Å²) in [5, 5.41) is 9.68. The molecular formula is C51H55N9O3S5. The maximum Gasteiger partial charge on any atom is 0.412 e. The summed E-state index contributed by atoms with van der Waals surface area (Å²) < 4.78 is 17.1. The fourth-order valence-electron chi connectivity index (χ4n) is 9.84. The Morgan fingerprint density at radius 3 is 1.32 bits per heavy atom. The van der Waals surface area contributed by atoms with Crippen LogP contribution in [0.2, 0.25) is 0 Å². The first-order chi connectivity index (χ1) is 32.1. The molecule has 0 saturated heterocycles. The van der Waals surface area contributed by atoms with Crippen molar-refractivity contribution in [3.8, 4) is 33.8 Å². The fourth-order valence-corrected chi connectivity index (χ4v) is 11.2. The number of nitrogens with zero attached hydrogens (tertiary/aromatic N) is 3. The molecule has 352 valence electrons. The number of ether oxygens (including phenoxy) is 2. The Labute approximate surface area is 423 Å². The van der Waals surface area contributed by atoms with Gasteiger partial charge >= 0.3 is 6.09 Å². The summed E-state index contributed by atoms with van der Waals surface area (Å²) in [6, 6.07) is 30.6. The Balaban J connectivity index is 0.000000138. The van der Waals surface area contributed by atoms with E-state index >= 15 is 0 Å². The first-order valence-corrected chi connectivity index (χ1v) is 24.3. The Morgan fingerprint density at radius 1 is 0.529 bits per heavy atom. The summed E-state index contributed by atoms with van der Waals surface area (Å²) >= 11 is 26.1. The highest BCUT2D eigenvalue weighted by Gasteiger charge is 2.44. The van der Waals surface area contributed by atoms with Crippen LogP contribution >= 0.6 is 61.1 Å². The van der Waals surface area contributed by atoms with Crippen LogP contribution in [0.5, 0.6) is 0 Å². The molecule has 1 aliphatic carbocycles. The SMILES string of the molecule is Cn1c(C(N)=S)ccc1-c1ccc2c(c1)C(C)(C)OC(=O)N2.Cn1c(C(N)=S)ccc1-c1ccc2c(c1)C(C)(C)OC(=S)N2.Cn1c(C(N)=S)ccc1-c1ccc2c(c1)C1(CCCCC1)C(=S)N2. The van der Waals surface area contributed by atoms with Gasteiger partial charge in [0.15, 0.2) is 0 Å². The number of nitrogens with one attached hydrogen (secondary N) is 3. The van der Waals surface area contributed by atoms with Crippen LogP contribution in [0.1, 0.15) is 93.6 Å². The molecule has 3 aliphatic heterocycles. The zero-order valence-electron chi connectivity index (χ0n) is 39.0. The number of anilines is 3. The zero-order valence-corrected chi connectivity index (χ0v) is 43.1. The minimum atomic E-state index is -0.676. The molecular weight excluding hydrogens is 947 g/mol. The molecule has 1 amide bonds. The molecule has 0 unspecified atom stereocenters. The second-order valence-electron chi connectivity index (χ2n) is 18.5. The number of carbonyl (C=O) groups is 1. The van der Waals surface area contributed by atoms with Gasteiger partial charge < -0.3 is 51.0 Å². The van der Waals surface area contributed by atoms with Gasteiger partial charge in [-0.2, -0.15) is 0 Å². The third-order valence-electron chi connectivity index (χ3n) is 13.4. The van der Waals surface area contributed by atoms with Gasteiger partial charge in [0.1, 0.15) is 26.2 Å². The van der Waals surface area contributed by atoms with Crippen molar-refractivity contribution in [3.05, 3.63) is 125 Å². The van der Waals surface area contributed by atoms with Crippen LogP contribution in [0.3, 0.4) is 0 Å². The van der Waals surface area contributed by atoms with Crippen molar-refractivity contribution < 1.29 is 14.3 Å². The van der Waals surface area contributed by atoms with Crippen LogP contribution in [-0.2, 0) is 47.2 Å². The van der Waals surface area contributed by atoms with Gasteiger partial charge in [-0.1, -0.05) is 86.3 Å². The van der Waals surface area contributed by atoms with E-state index in [1.54, 1.807) is 0 Å². The molecule has 3 aromatic heterocycles. The number of cyclic esters (lactones) is 1. The van der Waals surface area contributed by atoms with Crippen LogP contribution in [0.15, 0.2) is 91.0 Å². The molecule has 4 aliphatic rings. The van der Waals surface area contributed by atoms with Gasteiger partial charge in [0.2, 0.25) is 0 Å². The molecule has 3 aromatic carbocycles. The van der Waals surface area contributed by atoms with Crippen molar-refractivity contribution in [1.82, 2.24) is 13.7 Å². The number of carbonyl (C=O) groups excluding carboxylic acids is 1. The number of benzene rings is 3. The maximum absolute atomic E-state index is 11.6. The highest BCUT2D eigenvalue weighted by Crippen LogP contribution is 2.49. The van der Waals surface area contributed by atoms with E-state index in [0.717, 1.165) is 85.6 Å². The molecule has 17 heteroatoms. The second-order valence-corrected chi connectivity index (χ2v) is 20.6. The maximum atomic E-state index is 11.6. The third kappa shape index (κ3) is 9.05. The van der Waals surface area contributed by atoms with Gasteiger partial charge in [-0.3, -0.25) is 5.32 Å². The van der Waals surface area contributed by atoms with Gasteiger partial charge in [0.05, 0.1) is 27.8 Å². The van der Waals surface area contributed by atoms with Crippen molar-refractivity contribution in [1.29, 1.82) is 0 Å². The van der Waals surface area contributed by atoms with E-state index in [4.69, 9.17) is 87.8 Å². The van der Waals surface area contributed by atoms with Gasteiger partial charge in [0, 0.05) is 66.1 Å². The number of aromatic nitrogens is 3. The van der Waals surface area contributed by atoms with Crippen molar-refractivity contribution in [2.24, 2.45) is 38.3 Å². The Bertz CT molecular complexity index is 2950. The predicted octanol–water partition coefficient (Wildman–Crippen LogP) is 10.7.